The molecule has 0 aromatic carbocycles. The molecule has 0 atom stereocenters. The Kier molecular flexibility index (Phi) is 5.19. The zero-order valence-electron chi connectivity index (χ0n) is 12.5. The van der Waals surface area contributed by atoms with Crippen molar-refractivity contribution in [3.63, 3.8) is 0 Å². The second-order valence-electron chi connectivity index (χ2n) is 5.13. The molecular formula is C14H22N4O2S. The van der Waals surface area contributed by atoms with Crippen LogP contribution in [0.4, 0.5) is 5.69 Å². The third-order valence-corrected chi connectivity index (χ3v) is 4.73. The largest absolute Gasteiger partial charge is 0.397 e. The van der Waals surface area contributed by atoms with Gasteiger partial charge in [-0.3, -0.25) is 9.48 Å². The Labute approximate surface area is 127 Å². The zero-order valence-corrected chi connectivity index (χ0v) is 13.3. The number of nitrogens with two attached hydrogens (primary N) is 1. The normalized spacial score (nSPS) is 11.2. The summed E-state index contributed by atoms with van der Waals surface area (Å²) < 4.78 is 1.76. The molecule has 2 aromatic rings. The molecule has 6 nitrogen and oxygen atoms in total. The molecule has 0 fully saturated rings. The van der Waals surface area contributed by atoms with Gasteiger partial charge in [0.05, 0.1) is 16.8 Å². The fourth-order valence-electron chi connectivity index (χ4n) is 2.37. The van der Waals surface area contributed by atoms with E-state index in [0.29, 0.717) is 17.1 Å². The van der Waals surface area contributed by atoms with Crippen molar-refractivity contribution in [1.82, 2.24) is 15.1 Å². The summed E-state index contributed by atoms with van der Waals surface area (Å²) >= 11 is 1.38. The maximum Gasteiger partial charge on any atom is 0.263 e. The van der Waals surface area contributed by atoms with Crippen molar-refractivity contribution < 1.29 is 9.90 Å². The smallest absolute Gasteiger partial charge is 0.263 e. The monoisotopic (exact) mass is 310 g/mol. The predicted molar refractivity (Wildman–Crippen MR) is 85.6 cm³/mol. The Morgan fingerprint density at radius 3 is 2.76 bits per heavy atom. The van der Waals surface area contributed by atoms with Crippen LogP contribution in [-0.4, -0.2) is 33.9 Å². The molecule has 0 aliphatic rings. The molecule has 4 N–H and O–H groups in total. The number of aryl methyl sites for hydroxylation is 2. The Bertz CT molecular complexity index is 632. The van der Waals surface area contributed by atoms with E-state index in [9.17, 15) is 4.79 Å². The van der Waals surface area contributed by atoms with Crippen molar-refractivity contribution >= 4 is 33.1 Å². The molecule has 0 spiro atoms. The van der Waals surface area contributed by atoms with Gasteiger partial charge in [-0.1, -0.05) is 12.8 Å². The number of unbranched alkanes of at least 4 members (excludes halogenated alkanes) is 3. The number of anilines is 1. The highest BCUT2D eigenvalue weighted by molar-refractivity contribution is 7.21. The molecule has 2 rings (SSSR count). The van der Waals surface area contributed by atoms with Crippen LogP contribution in [0, 0.1) is 6.92 Å². The number of carbonyl (C=O) groups is 1. The molecule has 116 valence electrons. The Balaban J connectivity index is 1.97. The van der Waals surface area contributed by atoms with Gasteiger partial charge >= 0.3 is 0 Å². The van der Waals surface area contributed by atoms with Crippen LogP contribution in [0.3, 0.4) is 0 Å². The van der Waals surface area contributed by atoms with Crippen LogP contribution < -0.4 is 11.1 Å². The van der Waals surface area contributed by atoms with Gasteiger partial charge in [0, 0.05) is 20.2 Å². The van der Waals surface area contributed by atoms with Gasteiger partial charge in [0.1, 0.15) is 9.71 Å². The number of fused-ring (bicyclic) bond motifs is 1. The highest BCUT2D eigenvalue weighted by atomic mass is 32.1. The summed E-state index contributed by atoms with van der Waals surface area (Å²) in [7, 11) is 1.86. The van der Waals surface area contributed by atoms with E-state index in [2.05, 4.69) is 10.4 Å². The van der Waals surface area contributed by atoms with Crippen LogP contribution >= 0.6 is 11.3 Å². The highest BCUT2D eigenvalue weighted by Gasteiger charge is 2.20. The third kappa shape index (κ3) is 3.36. The van der Waals surface area contributed by atoms with Crippen LogP contribution in [0.25, 0.3) is 10.2 Å². The molecular weight excluding hydrogens is 288 g/mol. The number of nitrogens with zero attached hydrogens (tertiary/aromatic N) is 2. The van der Waals surface area contributed by atoms with E-state index in [4.69, 9.17) is 10.8 Å². The van der Waals surface area contributed by atoms with Gasteiger partial charge in [0.2, 0.25) is 0 Å². The minimum atomic E-state index is -0.116. The molecule has 0 radical (unpaired) electrons. The fraction of sp³-hybridized carbons (Fsp3) is 0.571. The van der Waals surface area contributed by atoms with Crippen molar-refractivity contribution in [1.29, 1.82) is 0 Å². The molecule has 7 heteroatoms. The SMILES string of the molecule is Cc1nn(C)c2sc(C(=O)NCCCCCCO)c(N)c12. The summed E-state index contributed by atoms with van der Waals surface area (Å²) in [5.41, 5.74) is 7.47. The lowest BCUT2D eigenvalue weighted by atomic mass is 10.2. The molecule has 0 aliphatic carbocycles. The fourth-order valence-corrected chi connectivity index (χ4v) is 3.47. The summed E-state index contributed by atoms with van der Waals surface area (Å²) in [6.45, 7) is 2.77. The van der Waals surface area contributed by atoms with Gasteiger partial charge < -0.3 is 16.2 Å². The summed E-state index contributed by atoms with van der Waals surface area (Å²) in [5, 5.41) is 16.8. The summed E-state index contributed by atoms with van der Waals surface area (Å²) in [5.74, 6) is -0.116. The van der Waals surface area contributed by atoms with Gasteiger partial charge in [-0.2, -0.15) is 5.10 Å². The molecule has 21 heavy (non-hydrogen) atoms. The Hall–Kier alpha value is -1.60. The number of thiophene rings is 1. The van der Waals surface area contributed by atoms with Crippen molar-refractivity contribution in [2.45, 2.75) is 32.6 Å². The molecule has 0 bridgehead atoms. The predicted octanol–water partition coefficient (Wildman–Crippen LogP) is 1.81. The number of nitrogen functional groups attached to an aromatic ring is 1. The van der Waals surface area contributed by atoms with Crippen LogP contribution in [0.15, 0.2) is 0 Å². The second kappa shape index (κ2) is 6.91. The number of hydrogen-bond acceptors (Lipinski definition) is 5. The first kappa shape index (κ1) is 15.8. The molecule has 1 amide bonds. The minimum Gasteiger partial charge on any atom is -0.397 e. The van der Waals surface area contributed by atoms with Gasteiger partial charge in [-0.05, 0) is 19.8 Å². The second-order valence-corrected chi connectivity index (χ2v) is 6.13. The number of rotatable bonds is 7. The van der Waals surface area contributed by atoms with Crippen molar-refractivity contribution in [3.8, 4) is 0 Å². The highest BCUT2D eigenvalue weighted by Crippen LogP contribution is 2.35. The summed E-state index contributed by atoms with van der Waals surface area (Å²) in [4.78, 5) is 13.7. The first-order valence-electron chi connectivity index (χ1n) is 7.17. The standard InChI is InChI=1S/C14H22N4O2S/c1-9-10-11(15)12(21-14(10)18(2)17-9)13(20)16-7-5-3-4-6-8-19/h19H,3-8,15H2,1-2H3,(H,16,20). The average molecular weight is 310 g/mol. The number of carbonyl (C=O) groups excluding carboxylic acids is 1. The van der Waals surface area contributed by atoms with Crippen LogP contribution in [0.2, 0.25) is 0 Å². The molecule has 2 heterocycles. The number of aliphatic hydroxyl groups is 1. The number of aromatic nitrogens is 2. The molecule has 2 aromatic heterocycles. The average Bonchev–Trinajstić information content (AvgIpc) is 2.93. The van der Waals surface area contributed by atoms with Crippen molar-refractivity contribution in [3.05, 3.63) is 10.6 Å². The van der Waals surface area contributed by atoms with E-state index in [1.54, 1.807) is 4.68 Å². The van der Waals surface area contributed by atoms with Crippen molar-refractivity contribution in [2.24, 2.45) is 7.05 Å². The lowest BCUT2D eigenvalue weighted by Gasteiger charge is -2.04. The van der Waals surface area contributed by atoms with E-state index in [1.807, 2.05) is 14.0 Å². The van der Waals surface area contributed by atoms with E-state index in [-0.39, 0.29) is 12.5 Å². The zero-order chi connectivity index (χ0) is 15.4. The minimum absolute atomic E-state index is 0.116. The van der Waals surface area contributed by atoms with Crippen molar-refractivity contribution in [2.75, 3.05) is 18.9 Å². The molecule has 0 saturated heterocycles. The Morgan fingerprint density at radius 1 is 1.38 bits per heavy atom. The first-order chi connectivity index (χ1) is 10.1. The molecule has 0 aliphatic heterocycles. The lowest BCUT2D eigenvalue weighted by molar-refractivity contribution is 0.0957. The topological polar surface area (TPSA) is 93.2 Å². The van der Waals surface area contributed by atoms with E-state index < -0.39 is 0 Å². The van der Waals surface area contributed by atoms with Gasteiger partial charge in [0.25, 0.3) is 5.91 Å². The molecule has 0 unspecified atom stereocenters. The van der Waals surface area contributed by atoms with Gasteiger partial charge in [-0.15, -0.1) is 11.3 Å². The number of aliphatic hydroxyl groups excluding tert-OH is 1. The summed E-state index contributed by atoms with van der Waals surface area (Å²) in [6, 6.07) is 0. The van der Waals surface area contributed by atoms with E-state index >= 15 is 0 Å². The van der Waals surface area contributed by atoms with Crippen LogP contribution in [-0.2, 0) is 7.05 Å². The number of nitrogens with one attached hydrogen (secondary N) is 1. The first-order valence-corrected chi connectivity index (χ1v) is 7.98. The number of amides is 1. The van der Waals surface area contributed by atoms with Crippen LogP contribution in [0.1, 0.15) is 41.0 Å². The lowest BCUT2D eigenvalue weighted by Crippen LogP contribution is -2.24. The van der Waals surface area contributed by atoms with Crippen LogP contribution in [0.5, 0.6) is 0 Å². The summed E-state index contributed by atoms with van der Waals surface area (Å²) in [6.07, 6.45) is 3.73. The van der Waals surface area contributed by atoms with Gasteiger partial charge in [-0.25, -0.2) is 0 Å². The van der Waals surface area contributed by atoms with Gasteiger partial charge in [0.15, 0.2) is 0 Å². The van der Waals surface area contributed by atoms with E-state index in [0.717, 1.165) is 41.6 Å². The maximum absolute atomic E-state index is 12.2. The van der Waals surface area contributed by atoms with E-state index in [1.165, 1.54) is 11.3 Å². The maximum atomic E-state index is 12.2. The molecule has 0 saturated carbocycles. The quantitative estimate of drug-likeness (QED) is 0.680. The number of hydrogen-bond donors (Lipinski definition) is 3. The Morgan fingerprint density at radius 2 is 2.10 bits per heavy atom. The third-order valence-electron chi connectivity index (χ3n) is 3.46.